The zero-order valence-electron chi connectivity index (χ0n) is 13.0. The summed E-state index contributed by atoms with van der Waals surface area (Å²) >= 11 is 0. The number of nitrogens with zero attached hydrogens (tertiary/aromatic N) is 1. The summed E-state index contributed by atoms with van der Waals surface area (Å²) in [5.41, 5.74) is -1.44. The van der Waals surface area contributed by atoms with Crippen LogP contribution in [0.25, 0.3) is 0 Å². The van der Waals surface area contributed by atoms with Crippen LogP contribution in [0.15, 0.2) is 0 Å². The van der Waals surface area contributed by atoms with Gasteiger partial charge in [-0.2, -0.15) is 0 Å². The van der Waals surface area contributed by atoms with Gasteiger partial charge in [0.25, 0.3) is 0 Å². The zero-order chi connectivity index (χ0) is 15.6. The first kappa shape index (κ1) is 17.2. The first-order valence-corrected chi connectivity index (χ1v) is 7.04. The van der Waals surface area contributed by atoms with E-state index in [0.29, 0.717) is 12.8 Å². The predicted molar refractivity (Wildman–Crippen MR) is 74.2 cm³/mol. The van der Waals surface area contributed by atoms with E-state index in [-0.39, 0.29) is 19.3 Å². The molecule has 2 N–H and O–H groups in total. The molecule has 0 spiro atoms. The molecule has 1 saturated heterocycles. The summed E-state index contributed by atoms with van der Waals surface area (Å²) in [6.45, 7) is 8.81. The third-order valence-electron chi connectivity index (χ3n) is 3.20. The highest BCUT2D eigenvalue weighted by molar-refractivity contribution is 5.70. The highest BCUT2D eigenvalue weighted by atomic mass is 16.6. The standard InChI is InChI=1S/C14H27NO5/c1-13(2,3)20-12(18)15-10(9-17)11(7-6-8-16)19-14(15,4)5/h10-11,16-17H,6-9H2,1-5H3/t10-,11-/m1/s1. The van der Waals surface area contributed by atoms with Crippen LogP contribution in [0.1, 0.15) is 47.5 Å². The van der Waals surface area contributed by atoms with Crippen molar-refractivity contribution in [2.75, 3.05) is 13.2 Å². The van der Waals surface area contributed by atoms with Crippen LogP contribution < -0.4 is 0 Å². The summed E-state index contributed by atoms with van der Waals surface area (Å²) in [6, 6.07) is -0.452. The summed E-state index contributed by atoms with van der Waals surface area (Å²) < 4.78 is 11.2. The van der Waals surface area contributed by atoms with Gasteiger partial charge in [0, 0.05) is 6.61 Å². The van der Waals surface area contributed by atoms with Crippen molar-refractivity contribution in [3.05, 3.63) is 0 Å². The summed E-state index contributed by atoms with van der Waals surface area (Å²) in [7, 11) is 0. The van der Waals surface area contributed by atoms with Crippen molar-refractivity contribution in [3.63, 3.8) is 0 Å². The van der Waals surface area contributed by atoms with E-state index in [2.05, 4.69) is 0 Å². The lowest BCUT2D eigenvalue weighted by atomic mass is 10.1. The van der Waals surface area contributed by atoms with E-state index in [4.69, 9.17) is 14.6 Å². The van der Waals surface area contributed by atoms with E-state index >= 15 is 0 Å². The van der Waals surface area contributed by atoms with Crippen molar-refractivity contribution in [1.82, 2.24) is 4.90 Å². The molecule has 2 atom stereocenters. The maximum Gasteiger partial charge on any atom is 0.412 e. The zero-order valence-corrected chi connectivity index (χ0v) is 13.0. The highest BCUT2D eigenvalue weighted by Gasteiger charge is 2.50. The lowest BCUT2D eigenvalue weighted by Crippen LogP contribution is -2.51. The topological polar surface area (TPSA) is 79.2 Å². The third kappa shape index (κ3) is 4.07. The van der Waals surface area contributed by atoms with Gasteiger partial charge in [-0.05, 0) is 47.5 Å². The minimum Gasteiger partial charge on any atom is -0.444 e. The summed E-state index contributed by atoms with van der Waals surface area (Å²) in [6.07, 6.45) is 0.367. The average molecular weight is 289 g/mol. The first-order valence-electron chi connectivity index (χ1n) is 7.04. The molecule has 20 heavy (non-hydrogen) atoms. The average Bonchev–Trinajstić information content (AvgIpc) is 2.54. The monoisotopic (exact) mass is 289 g/mol. The Morgan fingerprint density at radius 3 is 2.40 bits per heavy atom. The van der Waals surface area contributed by atoms with Gasteiger partial charge in [-0.3, -0.25) is 4.90 Å². The Balaban J connectivity index is 2.88. The van der Waals surface area contributed by atoms with Crippen molar-refractivity contribution in [2.24, 2.45) is 0 Å². The quantitative estimate of drug-likeness (QED) is 0.819. The normalized spacial score (nSPS) is 25.9. The minimum atomic E-state index is -0.837. The Labute approximate surface area is 120 Å². The molecule has 118 valence electrons. The third-order valence-corrected chi connectivity index (χ3v) is 3.20. The molecule has 0 bridgehead atoms. The predicted octanol–water partition coefficient (Wildman–Crippen LogP) is 1.49. The Hall–Kier alpha value is -0.850. The molecule has 6 heteroatoms. The number of carbonyl (C=O) groups is 1. The number of hydrogen-bond donors (Lipinski definition) is 2. The Morgan fingerprint density at radius 1 is 1.35 bits per heavy atom. The molecule has 1 aliphatic rings. The smallest absolute Gasteiger partial charge is 0.412 e. The maximum atomic E-state index is 12.3. The number of ether oxygens (including phenoxy) is 2. The van der Waals surface area contributed by atoms with Crippen LogP contribution in [0.2, 0.25) is 0 Å². The molecular formula is C14H27NO5. The van der Waals surface area contributed by atoms with Gasteiger partial charge in [0.2, 0.25) is 0 Å². The highest BCUT2D eigenvalue weighted by Crippen LogP contribution is 2.35. The van der Waals surface area contributed by atoms with Crippen LogP contribution in [0.3, 0.4) is 0 Å². The summed E-state index contributed by atoms with van der Waals surface area (Å²) in [5.74, 6) is 0. The molecule has 0 radical (unpaired) electrons. The lowest BCUT2D eigenvalue weighted by Gasteiger charge is -2.34. The lowest BCUT2D eigenvalue weighted by molar-refractivity contribution is -0.0807. The molecule has 0 aromatic carbocycles. The van der Waals surface area contributed by atoms with Crippen molar-refractivity contribution in [1.29, 1.82) is 0 Å². The van der Waals surface area contributed by atoms with Crippen molar-refractivity contribution < 1.29 is 24.5 Å². The van der Waals surface area contributed by atoms with Crippen LogP contribution in [0.4, 0.5) is 4.79 Å². The van der Waals surface area contributed by atoms with Crippen molar-refractivity contribution >= 4 is 6.09 Å². The van der Waals surface area contributed by atoms with Gasteiger partial charge >= 0.3 is 6.09 Å². The van der Waals surface area contributed by atoms with E-state index in [1.165, 1.54) is 4.90 Å². The van der Waals surface area contributed by atoms with Gasteiger partial charge in [0.1, 0.15) is 11.3 Å². The second-order valence-corrected chi connectivity index (χ2v) is 6.57. The van der Waals surface area contributed by atoms with E-state index in [9.17, 15) is 9.90 Å². The van der Waals surface area contributed by atoms with Gasteiger partial charge < -0.3 is 19.7 Å². The van der Waals surface area contributed by atoms with Crippen molar-refractivity contribution in [3.8, 4) is 0 Å². The molecule has 0 aliphatic carbocycles. The van der Waals surface area contributed by atoms with E-state index in [0.717, 1.165) is 0 Å². The molecular weight excluding hydrogens is 262 g/mol. The molecule has 1 amide bonds. The fourth-order valence-electron chi connectivity index (χ4n) is 2.48. The molecule has 0 aromatic rings. The summed E-state index contributed by atoms with van der Waals surface area (Å²) in [4.78, 5) is 13.8. The molecule has 6 nitrogen and oxygen atoms in total. The molecule has 1 heterocycles. The molecule has 0 aromatic heterocycles. The maximum absolute atomic E-state index is 12.3. The number of carbonyl (C=O) groups excluding carboxylic acids is 1. The number of aliphatic hydroxyl groups excluding tert-OH is 2. The Kier molecular flexibility index (Phi) is 5.40. The van der Waals surface area contributed by atoms with E-state index < -0.39 is 23.5 Å². The number of hydrogen-bond acceptors (Lipinski definition) is 5. The van der Waals surface area contributed by atoms with Crippen LogP contribution >= 0.6 is 0 Å². The second kappa shape index (κ2) is 6.28. The second-order valence-electron chi connectivity index (χ2n) is 6.57. The van der Waals surface area contributed by atoms with Gasteiger partial charge in [0.05, 0.1) is 18.8 Å². The largest absolute Gasteiger partial charge is 0.444 e. The van der Waals surface area contributed by atoms with E-state index in [1.807, 2.05) is 0 Å². The molecule has 0 saturated carbocycles. The van der Waals surface area contributed by atoms with Crippen LogP contribution in [0.5, 0.6) is 0 Å². The number of amides is 1. The summed E-state index contributed by atoms with van der Waals surface area (Å²) in [5, 5.41) is 18.5. The fraction of sp³-hybridized carbons (Fsp3) is 0.929. The van der Waals surface area contributed by atoms with Gasteiger partial charge in [0.15, 0.2) is 0 Å². The van der Waals surface area contributed by atoms with Crippen LogP contribution in [-0.4, -0.2) is 57.9 Å². The minimum absolute atomic E-state index is 0.0604. The molecule has 1 fully saturated rings. The SMILES string of the molecule is CC(C)(C)OC(=O)N1[C@H](CO)[C@@H](CCCO)OC1(C)C. The van der Waals surface area contributed by atoms with Gasteiger partial charge in [-0.15, -0.1) is 0 Å². The fourth-order valence-corrected chi connectivity index (χ4v) is 2.48. The van der Waals surface area contributed by atoms with Crippen LogP contribution in [-0.2, 0) is 9.47 Å². The Morgan fingerprint density at radius 2 is 1.95 bits per heavy atom. The van der Waals surface area contributed by atoms with Gasteiger partial charge in [-0.1, -0.05) is 0 Å². The first-order chi connectivity index (χ1) is 9.12. The van der Waals surface area contributed by atoms with Crippen LogP contribution in [0, 0.1) is 0 Å². The molecule has 1 aliphatic heterocycles. The number of aliphatic hydroxyl groups is 2. The van der Waals surface area contributed by atoms with Gasteiger partial charge in [-0.25, -0.2) is 4.79 Å². The van der Waals surface area contributed by atoms with Crippen molar-refractivity contribution in [2.45, 2.75) is 70.9 Å². The van der Waals surface area contributed by atoms with E-state index in [1.54, 1.807) is 34.6 Å². The molecule has 1 rings (SSSR count). The molecule has 0 unspecified atom stereocenters. The number of rotatable bonds is 4. The Bertz CT molecular complexity index is 337.